The number of hydrogen-bond donors (Lipinski definition) is 1. The van der Waals surface area contributed by atoms with Crippen molar-refractivity contribution in [2.45, 2.75) is 341 Å². The molecule has 0 aliphatic rings. The molecule has 0 amide bonds. The predicted octanol–water partition coefficient (Wildman–Crippen LogP) is 25.9. The number of phosphoric acid groups is 1. The molecule has 94 heavy (non-hydrogen) atoms. The highest BCUT2D eigenvalue weighted by Gasteiger charge is 2.27. The number of ether oxygens (including phenoxy) is 2. The molecule has 0 spiro atoms. The average Bonchev–Trinajstić information content (AvgIpc) is 1.65. The van der Waals surface area contributed by atoms with Crippen LogP contribution in [-0.4, -0.2) is 74.9 Å². The molecular formula is C84H147NO8P+. The van der Waals surface area contributed by atoms with Gasteiger partial charge in [-0.05, 0) is 109 Å². The molecule has 0 rings (SSSR count). The lowest BCUT2D eigenvalue weighted by Gasteiger charge is -2.24. The number of unbranched alkanes of at least 4 members (excludes halogenated alkanes) is 35. The van der Waals surface area contributed by atoms with Crippen molar-refractivity contribution < 1.29 is 42.1 Å². The number of quaternary nitrogens is 1. The van der Waals surface area contributed by atoms with Gasteiger partial charge in [-0.3, -0.25) is 18.6 Å². The Bertz CT molecular complexity index is 2050. The minimum absolute atomic E-state index is 0.0273. The van der Waals surface area contributed by atoms with E-state index in [0.717, 1.165) is 116 Å². The van der Waals surface area contributed by atoms with Crippen molar-refractivity contribution in [3.63, 3.8) is 0 Å². The molecule has 2 atom stereocenters. The first kappa shape index (κ1) is 90.2. The Hall–Kier alpha value is -3.85. The van der Waals surface area contributed by atoms with Crippen molar-refractivity contribution in [2.24, 2.45) is 0 Å². The van der Waals surface area contributed by atoms with Crippen LogP contribution in [0.25, 0.3) is 0 Å². The van der Waals surface area contributed by atoms with E-state index in [1.165, 1.54) is 186 Å². The van der Waals surface area contributed by atoms with Gasteiger partial charge < -0.3 is 18.9 Å². The highest BCUT2D eigenvalue weighted by molar-refractivity contribution is 7.47. The molecule has 0 aromatic rings. The summed E-state index contributed by atoms with van der Waals surface area (Å²) in [6.45, 7) is 4.23. The van der Waals surface area contributed by atoms with Crippen LogP contribution >= 0.6 is 7.82 Å². The van der Waals surface area contributed by atoms with Crippen molar-refractivity contribution in [2.75, 3.05) is 47.5 Å². The molecular weight excluding hydrogens is 1180 g/mol. The topological polar surface area (TPSA) is 108 Å². The normalized spacial score (nSPS) is 13.8. The molecule has 540 valence electrons. The Morgan fingerprint density at radius 3 is 0.851 bits per heavy atom. The molecule has 0 aromatic heterocycles. The standard InChI is InChI=1S/C84H146NO8P/c1-6-8-10-12-14-16-18-20-22-24-26-28-30-32-34-36-37-38-39-40-41-42-43-44-45-46-47-49-50-52-54-56-58-60-62-64-66-68-70-72-74-76-83(86)90-80-82(81-92-94(88,89)91-79-78-85(3,4)5)93-84(87)77-75-73-71-69-67-65-63-61-59-57-55-53-51-48-35-33-31-29-27-25-23-21-19-17-15-13-11-9-7-2/h8-11,14-17,20-23,26-29,32-35,51,53,82H,6-7,12-13,18-19,24-25,30-31,36-50,52,54-81H2,1-5H3/p+1/b10-8-,11-9-,16-14-,17-15-,22-20-,23-21-,28-26-,29-27-,34-32-,35-33-,53-51-. The van der Waals surface area contributed by atoms with Gasteiger partial charge in [0.15, 0.2) is 6.10 Å². The maximum absolute atomic E-state index is 12.9. The van der Waals surface area contributed by atoms with E-state index in [1.807, 2.05) is 21.1 Å². The summed E-state index contributed by atoms with van der Waals surface area (Å²) in [7, 11) is 1.47. The van der Waals surface area contributed by atoms with Crippen molar-refractivity contribution in [1.29, 1.82) is 0 Å². The third kappa shape index (κ3) is 77.2. The minimum Gasteiger partial charge on any atom is -0.462 e. The lowest BCUT2D eigenvalue weighted by Crippen LogP contribution is -2.37. The molecule has 0 fully saturated rings. The summed E-state index contributed by atoms with van der Waals surface area (Å²) >= 11 is 0. The first-order chi connectivity index (χ1) is 46.0. The molecule has 0 saturated heterocycles. The number of esters is 2. The van der Waals surface area contributed by atoms with Crippen molar-refractivity contribution in [3.05, 3.63) is 134 Å². The number of carbonyl (C=O) groups excluding carboxylic acids is 2. The van der Waals surface area contributed by atoms with Gasteiger partial charge in [0.05, 0.1) is 27.7 Å². The number of likely N-dealkylation sites (N-methyl/N-ethyl adjacent to an activating group) is 1. The molecule has 1 N–H and O–H groups in total. The summed E-state index contributed by atoms with van der Waals surface area (Å²) in [5.41, 5.74) is 0. The van der Waals surface area contributed by atoms with Gasteiger partial charge in [-0.25, -0.2) is 4.57 Å². The number of nitrogens with zero attached hydrogens (tertiary/aromatic N) is 1. The molecule has 0 radical (unpaired) electrons. The van der Waals surface area contributed by atoms with Gasteiger partial charge in [-0.2, -0.15) is 0 Å². The molecule has 2 unspecified atom stereocenters. The minimum atomic E-state index is -4.40. The first-order valence-corrected chi connectivity index (χ1v) is 40.4. The monoisotopic (exact) mass is 1330 g/mol. The number of allylic oxidation sites excluding steroid dienone is 22. The zero-order valence-corrected chi connectivity index (χ0v) is 62.6. The average molecular weight is 1330 g/mol. The highest BCUT2D eigenvalue weighted by atomic mass is 31.2. The molecule has 9 nitrogen and oxygen atoms in total. The van der Waals surface area contributed by atoms with E-state index in [4.69, 9.17) is 18.5 Å². The number of hydrogen-bond acceptors (Lipinski definition) is 7. The third-order valence-corrected chi connectivity index (χ3v) is 17.7. The van der Waals surface area contributed by atoms with Gasteiger partial charge in [0.2, 0.25) is 0 Å². The Morgan fingerprint density at radius 2 is 0.574 bits per heavy atom. The van der Waals surface area contributed by atoms with Crippen LogP contribution in [0, 0.1) is 0 Å². The van der Waals surface area contributed by atoms with Crippen LogP contribution in [0.1, 0.15) is 335 Å². The number of carbonyl (C=O) groups is 2. The second-order valence-corrected chi connectivity index (χ2v) is 28.4. The molecule has 10 heteroatoms. The van der Waals surface area contributed by atoms with Gasteiger partial charge in [0.1, 0.15) is 19.8 Å². The van der Waals surface area contributed by atoms with Gasteiger partial charge in [-0.15, -0.1) is 0 Å². The van der Waals surface area contributed by atoms with E-state index in [9.17, 15) is 19.0 Å². The van der Waals surface area contributed by atoms with Crippen molar-refractivity contribution in [3.8, 4) is 0 Å². The van der Waals surface area contributed by atoms with Crippen LogP contribution in [0.3, 0.4) is 0 Å². The van der Waals surface area contributed by atoms with Gasteiger partial charge in [-0.1, -0.05) is 347 Å². The number of rotatable bonds is 71. The van der Waals surface area contributed by atoms with Crippen molar-refractivity contribution >= 4 is 19.8 Å². The fourth-order valence-corrected chi connectivity index (χ4v) is 11.6. The van der Waals surface area contributed by atoms with E-state index < -0.39 is 26.5 Å². The Balaban J connectivity index is 3.95. The van der Waals surface area contributed by atoms with Crippen LogP contribution in [-0.2, 0) is 32.7 Å². The summed E-state index contributed by atoms with van der Waals surface area (Å²) in [6, 6.07) is 0. The quantitative estimate of drug-likeness (QED) is 0.0211. The Morgan fingerprint density at radius 1 is 0.330 bits per heavy atom. The van der Waals surface area contributed by atoms with Crippen LogP contribution in [0.5, 0.6) is 0 Å². The molecule has 0 heterocycles. The van der Waals surface area contributed by atoms with E-state index in [1.54, 1.807) is 0 Å². The van der Waals surface area contributed by atoms with Gasteiger partial charge in [0, 0.05) is 12.8 Å². The SMILES string of the molecule is CC/C=C\C/C=C\C/C=C\C/C=C\C/C=C\C/C=C\CCCCCCCCCCCCC(=O)OC(COC(=O)CCCCCCCCCCCCCCCCCCCCCCCCCCC/C=C\C/C=C\C/C=C\C/C=C\C/C=C\CC)COP(=O)(O)OCC[N+](C)(C)C. The maximum Gasteiger partial charge on any atom is 0.472 e. The summed E-state index contributed by atoms with van der Waals surface area (Å²) in [6.07, 6.45) is 107. The van der Waals surface area contributed by atoms with Crippen LogP contribution in [0.2, 0.25) is 0 Å². The summed E-state index contributed by atoms with van der Waals surface area (Å²) in [5, 5.41) is 0. The zero-order chi connectivity index (χ0) is 68.3. The largest absolute Gasteiger partial charge is 0.472 e. The molecule has 0 aromatic carbocycles. The molecule has 0 aliphatic carbocycles. The Kier molecular flexibility index (Phi) is 70.4. The zero-order valence-electron chi connectivity index (χ0n) is 61.7. The molecule has 0 saturated carbocycles. The smallest absolute Gasteiger partial charge is 0.462 e. The second-order valence-electron chi connectivity index (χ2n) is 27.0. The Labute approximate surface area is 581 Å². The first-order valence-electron chi connectivity index (χ1n) is 38.9. The predicted molar refractivity (Wildman–Crippen MR) is 408 cm³/mol. The summed E-state index contributed by atoms with van der Waals surface area (Å²) in [5.74, 6) is -0.795. The fourth-order valence-electron chi connectivity index (χ4n) is 10.8. The lowest BCUT2D eigenvalue weighted by atomic mass is 10.0. The van der Waals surface area contributed by atoms with Crippen molar-refractivity contribution in [1.82, 2.24) is 0 Å². The van der Waals surface area contributed by atoms with E-state index in [2.05, 4.69) is 148 Å². The van der Waals surface area contributed by atoms with Gasteiger partial charge in [0.25, 0.3) is 0 Å². The van der Waals surface area contributed by atoms with Gasteiger partial charge >= 0.3 is 19.8 Å². The van der Waals surface area contributed by atoms with E-state index in [0.29, 0.717) is 17.4 Å². The molecule has 0 bridgehead atoms. The highest BCUT2D eigenvalue weighted by Crippen LogP contribution is 2.43. The van der Waals surface area contributed by atoms with E-state index >= 15 is 0 Å². The lowest BCUT2D eigenvalue weighted by molar-refractivity contribution is -0.870. The summed E-state index contributed by atoms with van der Waals surface area (Å²) in [4.78, 5) is 36.0. The van der Waals surface area contributed by atoms with Crippen LogP contribution in [0.15, 0.2) is 134 Å². The maximum atomic E-state index is 12.9. The van der Waals surface area contributed by atoms with Crippen LogP contribution < -0.4 is 0 Å². The second kappa shape index (κ2) is 73.4. The fraction of sp³-hybridized carbons (Fsp3) is 0.714. The number of phosphoric ester groups is 1. The molecule has 0 aliphatic heterocycles. The third-order valence-electron chi connectivity index (χ3n) is 16.7. The van der Waals surface area contributed by atoms with Crippen LogP contribution in [0.4, 0.5) is 0 Å². The van der Waals surface area contributed by atoms with E-state index in [-0.39, 0.29) is 32.0 Å². The summed E-state index contributed by atoms with van der Waals surface area (Å²) < 4.78 is 34.8.